The van der Waals surface area contributed by atoms with Crippen LogP contribution in [-0.4, -0.2) is 20.2 Å². The summed E-state index contributed by atoms with van der Waals surface area (Å²) in [6.07, 6.45) is 0. The van der Waals surface area contributed by atoms with Gasteiger partial charge in [0.15, 0.2) is 11.5 Å². The summed E-state index contributed by atoms with van der Waals surface area (Å²) in [5.41, 5.74) is 1.50. The van der Waals surface area contributed by atoms with Gasteiger partial charge in [-0.05, 0) is 74.5 Å². The monoisotopic (exact) mass is 568 g/mol. The SMILES string of the molecule is C=C(C)C(=O)Nc1ccccc1Oc1cccc(S(=O)(=O)c2cccc(Oc3ccccc3NC(=O)C(=C)C)c2)c1. The van der Waals surface area contributed by atoms with E-state index in [1.807, 2.05) is 0 Å². The lowest BCUT2D eigenvalue weighted by Gasteiger charge is -2.14. The molecule has 0 aliphatic heterocycles. The third-order valence-electron chi connectivity index (χ3n) is 5.73. The van der Waals surface area contributed by atoms with Gasteiger partial charge in [0, 0.05) is 11.1 Å². The highest BCUT2D eigenvalue weighted by molar-refractivity contribution is 7.91. The van der Waals surface area contributed by atoms with Crippen molar-refractivity contribution in [3.8, 4) is 23.0 Å². The minimum atomic E-state index is -3.97. The number of carbonyl (C=O) groups excluding carboxylic acids is 2. The fourth-order valence-electron chi connectivity index (χ4n) is 3.58. The first kappa shape index (κ1) is 28.8. The van der Waals surface area contributed by atoms with E-state index in [1.165, 1.54) is 24.3 Å². The highest BCUT2D eigenvalue weighted by Crippen LogP contribution is 2.34. The zero-order chi connectivity index (χ0) is 29.6. The Morgan fingerprint density at radius 2 is 1.00 bits per heavy atom. The Kier molecular flexibility index (Phi) is 8.69. The van der Waals surface area contributed by atoms with E-state index in [9.17, 15) is 18.0 Å². The summed E-state index contributed by atoms with van der Waals surface area (Å²) in [6, 6.07) is 25.7. The number of benzene rings is 4. The molecule has 0 aliphatic rings. The maximum absolute atomic E-state index is 13.6. The van der Waals surface area contributed by atoms with E-state index in [-0.39, 0.29) is 33.1 Å². The third-order valence-corrected chi connectivity index (χ3v) is 7.48. The minimum Gasteiger partial charge on any atom is -0.455 e. The summed E-state index contributed by atoms with van der Waals surface area (Å²) < 4.78 is 39.1. The van der Waals surface area contributed by atoms with Crippen LogP contribution < -0.4 is 20.1 Å². The van der Waals surface area contributed by atoms with Crippen LogP contribution in [0.15, 0.2) is 131 Å². The topological polar surface area (TPSA) is 111 Å². The van der Waals surface area contributed by atoms with Gasteiger partial charge in [0.1, 0.15) is 11.5 Å². The fourth-order valence-corrected chi connectivity index (χ4v) is 4.91. The van der Waals surface area contributed by atoms with Gasteiger partial charge in [-0.3, -0.25) is 9.59 Å². The van der Waals surface area contributed by atoms with E-state index < -0.39 is 9.84 Å². The zero-order valence-electron chi connectivity index (χ0n) is 22.5. The normalized spacial score (nSPS) is 10.8. The molecule has 0 aromatic heterocycles. The van der Waals surface area contributed by atoms with Crippen LogP contribution in [0.2, 0.25) is 0 Å². The second-order valence-corrected chi connectivity index (χ2v) is 11.1. The molecule has 0 fully saturated rings. The van der Waals surface area contributed by atoms with Crippen LogP contribution in [-0.2, 0) is 19.4 Å². The summed E-state index contributed by atoms with van der Waals surface area (Å²) in [5, 5.41) is 5.45. The summed E-state index contributed by atoms with van der Waals surface area (Å²) in [7, 11) is -3.97. The lowest BCUT2D eigenvalue weighted by Crippen LogP contribution is -2.12. The van der Waals surface area contributed by atoms with Crippen LogP contribution in [0.3, 0.4) is 0 Å². The van der Waals surface area contributed by atoms with Crippen molar-refractivity contribution in [3.63, 3.8) is 0 Å². The first-order valence-electron chi connectivity index (χ1n) is 12.5. The van der Waals surface area contributed by atoms with Crippen molar-refractivity contribution in [3.05, 3.63) is 121 Å². The molecule has 4 aromatic rings. The Morgan fingerprint density at radius 1 is 0.610 bits per heavy atom. The number of anilines is 2. The lowest BCUT2D eigenvalue weighted by molar-refractivity contribution is -0.113. The van der Waals surface area contributed by atoms with Crippen molar-refractivity contribution in [1.29, 1.82) is 0 Å². The maximum atomic E-state index is 13.6. The molecule has 208 valence electrons. The van der Waals surface area contributed by atoms with E-state index in [4.69, 9.17) is 9.47 Å². The van der Waals surface area contributed by atoms with Crippen LogP contribution in [0.5, 0.6) is 23.0 Å². The maximum Gasteiger partial charge on any atom is 0.250 e. The highest BCUT2D eigenvalue weighted by atomic mass is 32.2. The number of carbonyl (C=O) groups is 2. The molecule has 0 heterocycles. The Hall–Kier alpha value is -5.15. The minimum absolute atomic E-state index is 0.00437. The first-order chi connectivity index (χ1) is 19.5. The molecular weight excluding hydrogens is 540 g/mol. The standard InChI is InChI=1S/C32H28N2O6S/c1-21(2)31(35)33-27-15-5-7-17-29(27)39-23-11-9-13-25(19-23)41(37,38)26-14-10-12-24(20-26)40-30-18-8-6-16-28(30)34-32(36)22(3)4/h5-20H,1,3H2,2,4H3,(H,33,35)(H,34,36). The van der Waals surface area contributed by atoms with Crippen molar-refractivity contribution in [2.45, 2.75) is 23.6 Å². The average Bonchev–Trinajstić information content (AvgIpc) is 2.95. The second kappa shape index (κ2) is 12.4. The molecule has 41 heavy (non-hydrogen) atoms. The molecule has 0 atom stereocenters. The van der Waals surface area contributed by atoms with Crippen LogP contribution >= 0.6 is 0 Å². The highest BCUT2D eigenvalue weighted by Gasteiger charge is 2.20. The molecule has 8 nitrogen and oxygen atoms in total. The van der Waals surface area contributed by atoms with Crippen molar-refractivity contribution in [2.75, 3.05) is 10.6 Å². The van der Waals surface area contributed by atoms with Gasteiger partial charge in [-0.15, -0.1) is 0 Å². The number of rotatable bonds is 10. The summed E-state index contributed by atoms with van der Waals surface area (Å²) in [4.78, 5) is 24.2. The van der Waals surface area contributed by atoms with Gasteiger partial charge >= 0.3 is 0 Å². The molecule has 0 saturated heterocycles. The van der Waals surface area contributed by atoms with Crippen LogP contribution in [0.25, 0.3) is 0 Å². The number of sulfone groups is 1. The number of nitrogens with one attached hydrogen (secondary N) is 2. The summed E-state index contributed by atoms with van der Waals surface area (Å²) in [5.74, 6) is 0.477. The molecule has 2 amide bonds. The molecule has 4 rings (SSSR count). The predicted octanol–water partition coefficient (Wildman–Crippen LogP) is 7.13. The van der Waals surface area contributed by atoms with Gasteiger partial charge in [0.2, 0.25) is 9.84 Å². The van der Waals surface area contributed by atoms with Gasteiger partial charge < -0.3 is 20.1 Å². The van der Waals surface area contributed by atoms with Crippen molar-refractivity contribution >= 4 is 33.0 Å². The van der Waals surface area contributed by atoms with Crippen molar-refractivity contribution in [1.82, 2.24) is 0 Å². The van der Waals surface area contributed by atoms with Gasteiger partial charge in [-0.2, -0.15) is 0 Å². The van der Waals surface area contributed by atoms with E-state index in [2.05, 4.69) is 23.8 Å². The third kappa shape index (κ3) is 7.09. The number of amides is 2. The van der Waals surface area contributed by atoms with Gasteiger partial charge in [0.25, 0.3) is 11.8 Å². The number of para-hydroxylation sites is 4. The molecule has 0 aliphatic carbocycles. The quantitative estimate of drug-likeness (QED) is 0.197. The number of hydrogen-bond donors (Lipinski definition) is 2. The molecule has 9 heteroatoms. The molecule has 0 radical (unpaired) electrons. The lowest BCUT2D eigenvalue weighted by atomic mass is 10.2. The van der Waals surface area contributed by atoms with E-state index in [0.717, 1.165) is 0 Å². The second-order valence-electron chi connectivity index (χ2n) is 9.12. The van der Waals surface area contributed by atoms with E-state index >= 15 is 0 Å². The zero-order valence-corrected chi connectivity index (χ0v) is 23.3. The Balaban J connectivity index is 1.59. The largest absolute Gasteiger partial charge is 0.455 e. The molecule has 4 aromatic carbocycles. The molecule has 0 saturated carbocycles. The van der Waals surface area contributed by atoms with E-state index in [0.29, 0.717) is 34.0 Å². The molecule has 0 unspecified atom stereocenters. The van der Waals surface area contributed by atoms with E-state index in [1.54, 1.807) is 86.6 Å². The predicted molar refractivity (Wildman–Crippen MR) is 158 cm³/mol. The van der Waals surface area contributed by atoms with Crippen molar-refractivity contribution in [2.24, 2.45) is 0 Å². The van der Waals surface area contributed by atoms with Crippen LogP contribution in [0.1, 0.15) is 13.8 Å². The van der Waals surface area contributed by atoms with Gasteiger partial charge in [-0.25, -0.2) is 8.42 Å². The average molecular weight is 569 g/mol. The molecule has 2 N–H and O–H groups in total. The smallest absolute Gasteiger partial charge is 0.250 e. The molecule has 0 spiro atoms. The van der Waals surface area contributed by atoms with Gasteiger partial charge in [0.05, 0.1) is 21.2 Å². The Morgan fingerprint density at radius 3 is 1.39 bits per heavy atom. The Bertz CT molecular complexity index is 1640. The van der Waals surface area contributed by atoms with Crippen LogP contribution in [0.4, 0.5) is 11.4 Å². The number of hydrogen-bond acceptors (Lipinski definition) is 6. The summed E-state index contributed by atoms with van der Waals surface area (Å²) >= 11 is 0. The first-order valence-corrected chi connectivity index (χ1v) is 14.0. The van der Waals surface area contributed by atoms with Gasteiger partial charge in [-0.1, -0.05) is 49.6 Å². The number of ether oxygens (including phenoxy) is 2. The fraction of sp³-hybridized carbons (Fsp3) is 0.0625. The van der Waals surface area contributed by atoms with Crippen LogP contribution in [0, 0.1) is 0 Å². The molecule has 0 bridgehead atoms. The molecular formula is C32H28N2O6S. The Labute approximate surface area is 238 Å². The summed E-state index contributed by atoms with van der Waals surface area (Å²) in [6.45, 7) is 10.5. The van der Waals surface area contributed by atoms with Crippen molar-refractivity contribution < 1.29 is 27.5 Å².